The Morgan fingerprint density at radius 1 is 1.39 bits per heavy atom. The van der Waals surface area contributed by atoms with E-state index in [4.69, 9.17) is 11.6 Å². The fourth-order valence-electron chi connectivity index (χ4n) is 2.13. The van der Waals surface area contributed by atoms with Gasteiger partial charge in [0.25, 0.3) is 0 Å². The summed E-state index contributed by atoms with van der Waals surface area (Å²) < 4.78 is 2.16. The lowest BCUT2D eigenvalue weighted by Gasteiger charge is -2.07. The lowest BCUT2D eigenvalue weighted by Crippen LogP contribution is -2.11. The maximum absolute atomic E-state index is 6.01. The first-order valence-electron chi connectivity index (χ1n) is 6.02. The molecule has 0 aliphatic rings. The molecular weight excluding hydrogens is 246 g/mol. The molecule has 0 atom stereocenters. The van der Waals surface area contributed by atoms with E-state index >= 15 is 0 Å². The Bertz CT molecular complexity index is 546. The quantitative estimate of drug-likeness (QED) is 0.919. The second-order valence-electron chi connectivity index (χ2n) is 4.46. The van der Waals surface area contributed by atoms with Crippen LogP contribution in [0.1, 0.15) is 22.8 Å². The van der Waals surface area contributed by atoms with Crippen LogP contribution in [0.2, 0.25) is 5.02 Å². The summed E-state index contributed by atoms with van der Waals surface area (Å²) in [6.45, 7) is 2.84. The number of aromatic nitrogens is 2. The van der Waals surface area contributed by atoms with Crippen molar-refractivity contribution in [1.82, 2.24) is 14.9 Å². The van der Waals surface area contributed by atoms with Crippen molar-refractivity contribution in [2.45, 2.75) is 19.9 Å². The van der Waals surface area contributed by atoms with E-state index in [1.54, 1.807) is 0 Å². The Labute approximate surface area is 113 Å². The smallest absolute Gasteiger partial charge is 0.122 e. The van der Waals surface area contributed by atoms with Crippen molar-refractivity contribution >= 4 is 11.6 Å². The zero-order valence-corrected chi connectivity index (χ0v) is 11.8. The molecule has 0 amide bonds. The van der Waals surface area contributed by atoms with E-state index in [-0.39, 0.29) is 0 Å². The molecule has 3 nitrogen and oxygen atoms in total. The Hall–Kier alpha value is -1.32. The van der Waals surface area contributed by atoms with Crippen LogP contribution in [-0.4, -0.2) is 16.6 Å². The molecule has 0 aliphatic heterocycles. The van der Waals surface area contributed by atoms with Crippen LogP contribution in [0.3, 0.4) is 0 Å². The largest absolute Gasteiger partial charge is 0.333 e. The monoisotopic (exact) mass is 263 g/mol. The van der Waals surface area contributed by atoms with Crippen LogP contribution in [0.5, 0.6) is 0 Å². The Kier molecular flexibility index (Phi) is 4.04. The van der Waals surface area contributed by atoms with Gasteiger partial charge in [0.1, 0.15) is 5.82 Å². The maximum Gasteiger partial charge on any atom is 0.122 e. The highest BCUT2D eigenvalue weighted by Gasteiger charge is 2.11. The first kappa shape index (κ1) is 13.1. The number of imidazole rings is 1. The van der Waals surface area contributed by atoms with Crippen molar-refractivity contribution < 1.29 is 0 Å². The average Bonchev–Trinajstić information content (AvgIpc) is 2.58. The minimum absolute atomic E-state index is 0.780. The summed E-state index contributed by atoms with van der Waals surface area (Å²) in [6.07, 6.45) is 0.861. The van der Waals surface area contributed by atoms with Crippen molar-refractivity contribution in [1.29, 1.82) is 0 Å². The zero-order valence-electron chi connectivity index (χ0n) is 11.0. The van der Waals surface area contributed by atoms with Gasteiger partial charge < -0.3 is 9.88 Å². The van der Waals surface area contributed by atoms with Gasteiger partial charge in [0.05, 0.1) is 12.2 Å². The van der Waals surface area contributed by atoms with Gasteiger partial charge in [0, 0.05) is 24.2 Å². The van der Waals surface area contributed by atoms with Crippen LogP contribution in [0.15, 0.2) is 24.3 Å². The molecule has 0 spiro atoms. The summed E-state index contributed by atoms with van der Waals surface area (Å²) in [5, 5.41) is 3.91. The number of benzene rings is 1. The van der Waals surface area contributed by atoms with E-state index in [0.717, 1.165) is 29.5 Å². The second kappa shape index (κ2) is 5.55. The van der Waals surface area contributed by atoms with Gasteiger partial charge in [-0.05, 0) is 31.7 Å². The van der Waals surface area contributed by atoms with Crippen LogP contribution in [0.4, 0.5) is 0 Å². The molecule has 1 aromatic carbocycles. The van der Waals surface area contributed by atoms with Gasteiger partial charge in [0.15, 0.2) is 0 Å². The van der Waals surface area contributed by atoms with Crippen LogP contribution in [0.25, 0.3) is 0 Å². The summed E-state index contributed by atoms with van der Waals surface area (Å²) in [4.78, 5) is 4.59. The van der Waals surface area contributed by atoms with Gasteiger partial charge in [-0.1, -0.05) is 23.7 Å². The molecule has 4 heteroatoms. The van der Waals surface area contributed by atoms with Crippen LogP contribution in [-0.2, 0) is 20.0 Å². The minimum Gasteiger partial charge on any atom is -0.333 e. The predicted molar refractivity (Wildman–Crippen MR) is 75.0 cm³/mol. The van der Waals surface area contributed by atoms with Crippen LogP contribution < -0.4 is 5.32 Å². The third-order valence-corrected chi connectivity index (χ3v) is 3.34. The summed E-state index contributed by atoms with van der Waals surface area (Å²) in [6, 6.07) is 7.98. The average molecular weight is 264 g/mol. The number of aryl methyl sites for hydroxylation is 1. The molecular formula is C14H18ClN3. The van der Waals surface area contributed by atoms with Gasteiger partial charge in [-0.2, -0.15) is 0 Å². The number of nitrogens with one attached hydrogen (secondary N) is 1. The maximum atomic E-state index is 6.01. The van der Waals surface area contributed by atoms with Crippen molar-refractivity contribution in [3.63, 3.8) is 0 Å². The standard InChI is InChI=1S/C14H18ClN3/c1-10-13(18(3)14(17-10)9-16-2)8-11-5-4-6-12(15)7-11/h4-7,16H,8-9H2,1-3H3. The zero-order chi connectivity index (χ0) is 13.1. The molecule has 0 radical (unpaired) electrons. The highest BCUT2D eigenvalue weighted by molar-refractivity contribution is 6.30. The van der Waals surface area contributed by atoms with Gasteiger partial charge in [0.2, 0.25) is 0 Å². The van der Waals surface area contributed by atoms with E-state index in [0.29, 0.717) is 0 Å². The molecule has 1 N–H and O–H groups in total. The summed E-state index contributed by atoms with van der Waals surface area (Å²) in [7, 11) is 3.99. The predicted octanol–water partition coefficient (Wildman–Crippen LogP) is 2.69. The SMILES string of the molecule is CNCc1nc(C)c(Cc2cccc(Cl)c2)n1C. The molecule has 0 bridgehead atoms. The van der Waals surface area contributed by atoms with Crippen LogP contribution in [0, 0.1) is 6.92 Å². The van der Waals surface area contributed by atoms with Crippen molar-refractivity contribution in [3.8, 4) is 0 Å². The third-order valence-electron chi connectivity index (χ3n) is 3.10. The number of nitrogens with zero attached hydrogens (tertiary/aromatic N) is 2. The number of rotatable bonds is 4. The molecule has 2 aromatic rings. The van der Waals surface area contributed by atoms with Crippen LogP contribution >= 0.6 is 11.6 Å². The second-order valence-corrected chi connectivity index (χ2v) is 4.89. The highest BCUT2D eigenvalue weighted by Crippen LogP contribution is 2.17. The first-order chi connectivity index (χ1) is 8.61. The lowest BCUT2D eigenvalue weighted by atomic mass is 10.1. The summed E-state index contributed by atoms with van der Waals surface area (Å²) in [5.74, 6) is 1.06. The molecule has 1 aromatic heterocycles. The normalized spacial score (nSPS) is 10.9. The van der Waals surface area contributed by atoms with E-state index in [1.807, 2.05) is 25.2 Å². The Morgan fingerprint density at radius 2 is 2.17 bits per heavy atom. The Morgan fingerprint density at radius 3 is 2.83 bits per heavy atom. The molecule has 0 fully saturated rings. The molecule has 2 rings (SSSR count). The number of hydrogen-bond acceptors (Lipinski definition) is 2. The van der Waals surface area contributed by atoms with E-state index in [9.17, 15) is 0 Å². The molecule has 0 unspecified atom stereocenters. The molecule has 1 heterocycles. The Balaban J connectivity index is 2.29. The summed E-state index contributed by atoms with van der Waals surface area (Å²) in [5.41, 5.74) is 3.54. The van der Waals surface area contributed by atoms with Gasteiger partial charge in [-0.25, -0.2) is 4.98 Å². The fraction of sp³-hybridized carbons (Fsp3) is 0.357. The van der Waals surface area contributed by atoms with E-state index in [2.05, 4.69) is 34.9 Å². The molecule has 0 saturated carbocycles. The highest BCUT2D eigenvalue weighted by atomic mass is 35.5. The fourth-order valence-corrected chi connectivity index (χ4v) is 2.35. The minimum atomic E-state index is 0.780. The van der Waals surface area contributed by atoms with Crippen molar-refractivity contribution in [2.24, 2.45) is 7.05 Å². The summed E-state index contributed by atoms with van der Waals surface area (Å²) >= 11 is 6.01. The van der Waals surface area contributed by atoms with E-state index < -0.39 is 0 Å². The third kappa shape index (κ3) is 2.74. The van der Waals surface area contributed by atoms with Gasteiger partial charge in [-0.3, -0.25) is 0 Å². The number of hydrogen-bond donors (Lipinski definition) is 1. The lowest BCUT2D eigenvalue weighted by molar-refractivity contribution is 0.695. The van der Waals surface area contributed by atoms with Gasteiger partial charge in [-0.15, -0.1) is 0 Å². The molecule has 18 heavy (non-hydrogen) atoms. The topological polar surface area (TPSA) is 29.9 Å². The van der Waals surface area contributed by atoms with Crippen molar-refractivity contribution in [3.05, 3.63) is 52.1 Å². The number of halogens is 1. The van der Waals surface area contributed by atoms with E-state index in [1.165, 1.54) is 11.3 Å². The van der Waals surface area contributed by atoms with Gasteiger partial charge >= 0.3 is 0 Å². The molecule has 96 valence electrons. The molecule has 0 aliphatic carbocycles. The molecule has 0 saturated heterocycles. The van der Waals surface area contributed by atoms with Crippen molar-refractivity contribution in [2.75, 3.05) is 7.05 Å². The first-order valence-corrected chi connectivity index (χ1v) is 6.39.